The molecule has 8 heteroatoms. The molecule has 5 nitrogen and oxygen atoms in total. The largest absolute Gasteiger partial charge is 0.309 e. The molecule has 0 N–H and O–H groups in total. The van der Waals surface area contributed by atoms with Crippen molar-refractivity contribution in [2.45, 2.75) is 0 Å². The van der Waals surface area contributed by atoms with E-state index >= 15 is 0 Å². The van der Waals surface area contributed by atoms with Crippen LogP contribution in [0.4, 0.5) is 5.69 Å². The quantitative estimate of drug-likeness (QED) is 0.581. The Labute approximate surface area is 105 Å². The Hall–Kier alpha value is -1.53. The zero-order chi connectivity index (χ0) is 12.5. The molecule has 1 rings (SSSR count). The van der Waals surface area contributed by atoms with E-state index in [-0.39, 0.29) is 16.1 Å². The fourth-order valence-corrected chi connectivity index (χ4v) is 2.03. The maximum atomic E-state index is 10.7. The molecule has 16 heavy (non-hydrogen) atoms. The molecule has 0 bridgehead atoms. The molecule has 0 aliphatic carbocycles. The van der Waals surface area contributed by atoms with E-state index in [9.17, 15) is 10.1 Å². The van der Waals surface area contributed by atoms with E-state index in [4.69, 9.17) is 45.3 Å². The van der Waals surface area contributed by atoms with Crippen molar-refractivity contribution in [3.05, 3.63) is 36.3 Å². The third-order valence-corrected chi connectivity index (χ3v) is 2.81. The molecule has 1 aromatic carbocycles. The van der Waals surface area contributed by atoms with Crippen molar-refractivity contribution >= 4 is 40.5 Å². The van der Waals surface area contributed by atoms with E-state index in [1.54, 1.807) is 12.1 Å². The van der Waals surface area contributed by atoms with Gasteiger partial charge in [0.1, 0.15) is 22.2 Å². The molecule has 0 aliphatic rings. The molecule has 0 atom stereocenters. The van der Waals surface area contributed by atoms with Gasteiger partial charge in [0.25, 0.3) is 0 Å². The molecule has 0 unspecified atom stereocenters. The number of rotatable bonds is 1. The second-order valence-corrected chi connectivity index (χ2v) is 3.66. The fraction of sp³-hybridized carbons (Fsp3) is 0. The summed E-state index contributed by atoms with van der Waals surface area (Å²) in [6, 6.07) is 3.17. The van der Waals surface area contributed by atoms with Crippen LogP contribution in [0.15, 0.2) is 0 Å². The minimum atomic E-state index is -0.872. The molecular formula is C8Cl3N3O2. The Morgan fingerprint density at radius 2 is 1.38 bits per heavy atom. The minimum absolute atomic E-state index is 0.286. The van der Waals surface area contributed by atoms with Crippen molar-refractivity contribution in [3.63, 3.8) is 0 Å². The van der Waals surface area contributed by atoms with Gasteiger partial charge in [0.15, 0.2) is 0 Å². The lowest BCUT2D eigenvalue weighted by atomic mass is 10.1. The Kier molecular flexibility index (Phi) is 3.56. The van der Waals surface area contributed by atoms with Crippen molar-refractivity contribution in [3.8, 4) is 12.1 Å². The number of nitriles is 2. The monoisotopic (exact) mass is 275 g/mol. The summed E-state index contributed by atoms with van der Waals surface area (Å²) < 4.78 is 0. The normalized spacial score (nSPS) is 9.31. The summed E-state index contributed by atoms with van der Waals surface area (Å²) in [6.45, 7) is 0. The van der Waals surface area contributed by atoms with E-state index < -0.39 is 20.7 Å². The number of hydrogen-bond acceptors (Lipinski definition) is 4. The van der Waals surface area contributed by atoms with Crippen LogP contribution >= 0.6 is 34.8 Å². The van der Waals surface area contributed by atoms with Crippen molar-refractivity contribution in [1.82, 2.24) is 0 Å². The highest BCUT2D eigenvalue weighted by Gasteiger charge is 2.28. The molecule has 0 aromatic heterocycles. The van der Waals surface area contributed by atoms with Crippen molar-refractivity contribution in [2.75, 3.05) is 0 Å². The SMILES string of the molecule is N#Cc1c(Cl)c(C#N)c(Cl)c([N+](=O)[O-])c1Cl. The van der Waals surface area contributed by atoms with Crippen LogP contribution in [0, 0.1) is 32.8 Å². The lowest BCUT2D eigenvalue weighted by Crippen LogP contribution is -1.97. The predicted octanol–water partition coefficient (Wildman–Crippen LogP) is 3.30. The summed E-state index contributed by atoms with van der Waals surface area (Å²) in [7, 11) is 0. The van der Waals surface area contributed by atoms with Crippen LogP contribution < -0.4 is 0 Å². The molecule has 1 aromatic rings. The van der Waals surface area contributed by atoms with Gasteiger partial charge in [0.2, 0.25) is 0 Å². The minimum Gasteiger partial charge on any atom is -0.258 e. The highest BCUT2D eigenvalue weighted by atomic mass is 35.5. The number of benzene rings is 1. The van der Waals surface area contributed by atoms with Gasteiger partial charge in [-0.2, -0.15) is 10.5 Å². The number of nitro groups is 1. The molecule has 0 amide bonds. The molecule has 0 spiro atoms. The average Bonchev–Trinajstić information content (AvgIpc) is 2.18. The Morgan fingerprint density at radius 1 is 1.00 bits per heavy atom. The molecule has 80 valence electrons. The summed E-state index contributed by atoms with van der Waals surface area (Å²) in [6.07, 6.45) is 0. The summed E-state index contributed by atoms with van der Waals surface area (Å²) in [4.78, 5) is 9.79. The van der Waals surface area contributed by atoms with Gasteiger partial charge in [-0.1, -0.05) is 34.8 Å². The smallest absolute Gasteiger partial charge is 0.258 e. The summed E-state index contributed by atoms with van der Waals surface area (Å²) in [5, 5.41) is 26.9. The second-order valence-electron chi connectivity index (χ2n) is 2.52. The predicted molar refractivity (Wildman–Crippen MR) is 57.6 cm³/mol. The topological polar surface area (TPSA) is 90.7 Å². The molecule has 0 radical (unpaired) electrons. The third kappa shape index (κ3) is 1.77. The van der Waals surface area contributed by atoms with Gasteiger partial charge in [-0.15, -0.1) is 0 Å². The highest BCUT2D eigenvalue weighted by Crippen LogP contribution is 2.42. The van der Waals surface area contributed by atoms with Crippen LogP contribution in [0.1, 0.15) is 11.1 Å². The second kappa shape index (κ2) is 4.54. The van der Waals surface area contributed by atoms with E-state index in [1.807, 2.05) is 0 Å². The first-order valence-electron chi connectivity index (χ1n) is 3.60. The van der Waals surface area contributed by atoms with Crippen molar-refractivity contribution < 1.29 is 4.92 Å². The van der Waals surface area contributed by atoms with Crippen LogP contribution in [0.5, 0.6) is 0 Å². The number of hydrogen-bond donors (Lipinski definition) is 0. The van der Waals surface area contributed by atoms with Gasteiger partial charge in [-0.3, -0.25) is 10.1 Å². The first-order valence-corrected chi connectivity index (χ1v) is 4.74. The molecule has 0 fully saturated rings. The van der Waals surface area contributed by atoms with Crippen LogP contribution in [-0.4, -0.2) is 4.92 Å². The maximum Gasteiger partial charge on any atom is 0.309 e. The maximum absolute atomic E-state index is 10.7. The summed E-state index contributed by atoms with van der Waals surface area (Å²) in [5.41, 5.74) is -1.37. The van der Waals surface area contributed by atoms with Crippen molar-refractivity contribution in [1.29, 1.82) is 10.5 Å². The van der Waals surface area contributed by atoms with Gasteiger partial charge in [0, 0.05) is 0 Å². The molecule has 0 saturated heterocycles. The van der Waals surface area contributed by atoms with E-state index in [0.717, 1.165) is 0 Å². The molecule has 0 heterocycles. The van der Waals surface area contributed by atoms with E-state index in [2.05, 4.69) is 0 Å². The lowest BCUT2D eigenvalue weighted by molar-refractivity contribution is -0.384. The van der Waals surface area contributed by atoms with Crippen LogP contribution in [0.3, 0.4) is 0 Å². The number of nitrogens with zero attached hydrogens (tertiary/aromatic N) is 3. The van der Waals surface area contributed by atoms with E-state index in [1.165, 1.54) is 0 Å². The lowest BCUT2D eigenvalue weighted by Gasteiger charge is -2.04. The molecular weight excluding hydrogens is 276 g/mol. The zero-order valence-corrected chi connectivity index (χ0v) is 9.56. The van der Waals surface area contributed by atoms with Crippen molar-refractivity contribution in [2.24, 2.45) is 0 Å². The number of nitro benzene ring substituents is 1. The Morgan fingerprint density at radius 3 is 1.62 bits per heavy atom. The van der Waals surface area contributed by atoms with Gasteiger partial charge >= 0.3 is 5.69 Å². The molecule has 0 aliphatic heterocycles. The van der Waals surface area contributed by atoms with Gasteiger partial charge < -0.3 is 0 Å². The summed E-state index contributed by atoms with van der Waals surface area (Å²) in [5.74, 6) is 0. The first-order chi connectivity index (χ1) is 7.45. The average molecular weight is 276 g/mol. The third-order valence-electron chi connectivity index (χ3n) is 1.70. The van der Waals surface area contributed by atoms with E-state index in [0.29, 0.717) is 0 Å². The highest BCUT2D eigenvalue weighted by molar-refractivity contribution is 6.43. The standard InChI is InChI=1S/C8Cl3N3O2/c9-5-3(1-12)6(10)8(14(15)16)7(11)4(5)2-13. The van der Waals surface area contributed by atoms with Crippen LogP contribution in [0.2, 0.25) is 15.1 Å². The Balaban J connectivity index is 3.88. The van der Waals surface area contributed by atoms with Crippen LogP contribution in [0.25, 0.3) is 0 Å². The van der Waals surface area contributed by atoms with Gasteiger partial charge in [-0.05, 0) is 0 Å². The fourth-order valence-electron chi connectivity index (χ4n) is 1.01. The zero-order valence-electron chi connectivity index (χ0n) is 7.29. The van der Waals surface area contributed by atoms with Gasteiger partial charge in [-0.25, -0.2) is 0 Å². The summed E-state index contributed by atoms with van der Waals surface area (Å²) >= 11 is 16.9. The van der Waals surface area contributed by atoms with Gasteiger partial charge in [0.05, 0.1) is 21.1 Å². The first kappa shape index (κ1) is 12.5. The Bertz CT molecular complexity index is 530. The molecule has 0 saturated carbocycles. The van der Waals surface area contributed by atoms with Crippen LogP contribution in [-0.2, 0) is 0 Å². The number of halogens is 3.